The monoisotopic (exact) mass is 268 g/mol. The number of halogens is 1. The molecule has 90 valence electrons. The fraction of sp³-hybridized carbons (Fsp3) is 0.455. The molecule has 0 saturated carbocycles. The molecular formula is C11H13ClN4S. The van der Waals surface area contributed by atoms with E-state index in [0.717, 1.165) is 35.4 Å². The Morgan fingerprint density at radius 1 is 1.59 bits per heavy atom. The number of aromatic nitrogens is 3. The molecule has 3 heterocycles. The number of pyridine rings is 1. The van der Waals surface area contributed by atoms with Crippen LogP contribution in [0.15, 0.2) is 12.3 Å². The number of imidazole rings is 1. The van der Waals surface area contributed by atoms with Crippen molar-refractivity contribution in [1.29, 1.82) is 0 Å². The third kappa shape index (κ3) is 1.88. The number of likely N-dealkylation sites (tertiary alicyclic amines) is 1. The van der Waals surface area contributed by atoms with Crippen LogP contribution in [0.5, 0.6) is 0 Å². The van der Waals surface area contributed by atoms with Crippen LogP contribution >= 0.6 is 23.8 Å². The number of rotatable bonds is 1. The van der Waals surface area contributed by atoms with Crippen molar-refractivity contribution in [2.45, 2.75) is 12.5 Å². The number of fused-ring (bicyclic) bond motifs is 1. The van der Waals surface area contributed by atoms with E-state index < -0.39 is 0 Å². The molecule has 0 bridgehead atoms. The van der Waals surface area contributed by atoms with Crippen LogP contribution in [0.1, 0.15) is 12.5 Å². The largest absolute Gasteiger partial charge is 0.329 e. The number of nitrogens with one attached hydrogen (secondary N) is 1. The van der Waals surface area contributed by atoms with Crippen LogP contribution in [-0.4, -0.2) is 39.6 Å². The predicted molar refractivity (Wildman–Crippen MR) is 71.1 cm³/mol. The topological polar surface area (TPSA) is 36.9 Å². The molecule has 0 aromatic carbocycles. The zero-order chi connectivity index (χ0) is 12.0. The summed E-state index contributed by atoms with van der Waals surface area (Å²) in [5.74, 6) is 0. The van der Waals surface area contributed by atoms with Gasteiger partial charge in [-0.3, -0.25) is 4.57 Å². The Labute approximate surface area is 109 Å². The van der Waals surface area contributed by atoms with E-state index in [9.17, 15) is 0 Å². The maximum atomic E-state index is 5.93. The van der Waals surface area contributed by atoms with Crippen LogP contribution in [0.3, 0.4) is 0 Å². The van der Waals surface area contributed by atoms with E-state index in [-0.39, 0.29) is 0 Å². The molecule has 1 atom stereocenters. The van der Waals surface area contributed by atoms with E-state index in [1.807, 2.05) is 6.07 Å². The molecule has 1 N–H and O–H groups in total. The Bertz CT molecular complexity index is 617. The van der Waals surface area contributed by atoms with Gasteiger partial charge in [0.05, 0.1) is 16.6 Å². The lowest BCUT2D eigenvalue weighted by atomic mass is 10.2. The first kappa shape index (κ1) is 11.2. The van der Waals surface area contributed by atoms with Gasteiger partial charge in [-0.1, -0.05) is 11.6 Å². The lowest BCUT2D eigenvalue weighted by Crippen LogP contribution is -2.16. The van der Waals surface area contributed by atoms with Crippen LogP contribution in [0.25, 0.3) is 11.2 Å². The summed E-state index contributed by atoms with van der Waals surface area (Å²) < 4.78 is 2.85. The fourth-order valence-electron chi connectivity index (χ4n) is 2.45. The zero-order valence-corrected chi connectivity index (χ0v) is 11.1. The third-order valence-corrected chi connectivity index (χ3v) is 3.76. The molecule has 1 aliphatic rings. The van der Waals surface area contributed by atoms with Crippen LogP contribution < -0.4 is 0 Å². The van der Waals surface area contributed by atoms with E-state index >= 15 is 0 Å². The normalized spacial score (nSPS) is 21.4. The Hall–Kier alpha value is -0.910. The van der Waals surface area contributed by atoms with Gasteiger partial charge >= 0.3 is 0 Å². The Morgan fingerprint density at radius 2 is 2.41 bits per heavy atom. The van der Waals surface area contributed by atoms with Gasteiger partial charge in [-0.2, -0.15) is 0 Å². The van der Waals surface area contributed by atoms with Crippen LogP contribution in [-0.2, 0) is 0 Å². The number of hydrogen-bond donors (Lipinski definition) is 1. The number of likely N-dealkylation sites (N-methyl/N-ethyl adjacent to an activating group) is 1. The molecule has 6 heteroatoms. The summed E-state index contributed by atoms with van der Waals surface area (Å²) in [6, 6.07) is 2.28. The molecule has 0 aliphatic carbocycles. The molecule has 0 spiro atoms. The third-order valence-electron chi connectivity index (χ3n) is 3.25. The first-order chi connectivity index (χ1) is 8.15. The number of hydrogen-bond acceptors (Lipinski definition) is 3. The molecule has 4 nitrogen and oxygen atoms in total. The highest BCUT2D eigenvalue weighted by Gasteiger charge is 2.23. The molecule has 0 radical (unpaired) electrons. The fourth-order valence-corrected chi connectivity index (χ4v) is 2.95. The van der Waals surface area contributed by atoms with Crippen molar-refractivity contribution in [3.63, 3.8) is 0 Å². The summed E-state index contributed by atoms with van der Waals surface area (Å²) in [5.41, 5.74) is 1.82. The predicted octanol–water partition coefficient (Wildman–Crippen LogP) is 2.62. The Morgan fingerprint density at radius 3 is 3.12 bits per heavy atom. The van der Waals surface area contributed by atoms with Crippen molar-refractivity contribution in [2.75, 3.05) is 20.1 Å². The zero-order valence-electron chi connectivity index (χ0n) is 9.48. The van der Waals surface area contributed by atoms with Crippen LogP contribution in [0, 0.1) is 4.77 Å². The van der Waals surface area contributed by atoms with Gasteiger partial charge < -0.3 is 9.88 Å². The van der Waals surface area contributed by atoms with Crippen LogP contribution in [0.2, 0.25) is 5.02 Å². The molecule has 2 aromatic heterocycles. The number of aromatic amines is 1. The molecule has 1 unspecified atom stereocenters. The summed E-state index contributed by atoms with van der Waals surface area (Å²) in [6.07, 6.45) is 2.78. The summed E-state index contributed by atoms with van der Waals surface area (Å²) in [7, 11) is 2.13. The molecular weight excluding hydrogens is 256 g/mol. The highest BCUT2D eigenvalue weighted by atomic mass is 35.5. The van der Waals surface area contributed by atoms with E-state index in [0.29, 0.717) is 11.1 Å². The molecule has 1 aliphatic heterocycles. The van der Waals surface area contributed by atoms with Gasteiger partial charge in [0.15, 0.2) is 10.4 Å². The standard InChI is InChI=1S/C11H13ClN4S/c1-15-3-2-8(6-15)16-10-9(14-11(16)17)4-7(12)5-13-10/h4-5,8H,2-3,6H2,1H3,(H,14,17). The van der Waals surface area contributed by atoms with Crippen molar-refractivity contribution < 1.29 is 0 Å². The lowest BCUT2D eigenvalue weighted by molar-refractivity contribution is 0.393. The van der Waals surface area contributed by atoms with Gasteiger partial charge in [0.1, 0.15) is 0 Å². The summed E-state index contributed by atoms with van der Waals surface area (Å²) in [5, 5.41) is 0.629. The van der Waals surface area contributed by atoms with Gasteiger partial charge in [-0.15, -0.1) is 0 Å². The molecule has 1 saturated heterocycles. The Kier molecular flexibility index (Phi) is 2.69. The van der Waals surface area contributed by atoms with Gasteiger partial charge in [0.25, 0.3) is 0 Å². The number of H-pyrrole nitrogens is 1. The van der Waals surface area contributed by atoms with Gasteiger partial charge in [0.2, 0.25) is 0 Å². The summed E-state index contributed by atoms with van der Waals surface area (Å²) in [4.78, 5) is 9.86. The van der Waals surface area contributed by atoms with E-state index in [1.165, 1.54) is 0 Å². The minimum Gasteiger partial charge on any atom is -0.329 e. The van der Waals surface area contributed by atoms with E-state index in [4.69, 9.17) is 23.8 Å². The van der Waals surface area contributed by atoms with Crippen molar-refractivity contribution >= 4 is 35.0 Å². The van der Waals surface area contributed by atoms with Crippen LogP contribution in [0.4, 0.5) is 0 Å². The first-order valence-corrected chi connectivity index (χ1v) is 6.38. The Balaban J connectivity index is 2.15. The lowest BCUT2D eigenvalue weighted by Gasteiger charge is -2.12. The second kappa shape index (κ2) is 4.08. The van der Waals surface area contributed by atoms with Gasteiger partial charge in [0, 0.05) is 12.7 Å². The first-order valence-electron chi connectivity index (χ1n) is 5.59. The molecule has 17 heavy (non-hydrogen) atoms. The molecule has 0 amide bonds. The molecule has 2 aromatic rings. The summed E-state index contributed by atoms with van der Waals surface area (Å²) in [6.45, 7) is 2.12. The maximum Gasteiger partial charge on any atom is 0.179 e. The smallest absolute Gasteiger partial charge is 0.179 e. The highest BCUT2D eigenvalue weighted by Crippen LogP contribution is 2.25. The second-order valence-electron chi connectivity index (χ2n) is 4.53. The van der Waals surface area contributed by atoms with Gasteiger partial charge in [-0.25, -0.2) is 4.98 Å². The van der Waals surface area contributed by atoms with E-state index in [1.54, 1.807) is 6.20 Å². The van der Waals surface area contributed by atoms with Crippen molar-refractivity contribution in [3.05, 3.63) is 22.1 Å². The average Bonchev–Trinajstić information content (AvgIpc) is 2.80. The maximum absolute atomic E-state index is 5.93. The number of nitrogens with zero attached hydrogens (tertiary/aromatic N) is 3. The minimum atomic E-state index is 0.412. The van der Waals surface area contributed by atoms with Crippen molar-refractivity contribution in [2.24, 2.45) is 0 Å². The van der Waals surface area contributed by atoms with E-state index in [2.05, 4.69) is 26.5 Å². The average molecular weight is 269 g/mol. The quantitative estimate of drug-likeness (QED) is 0.808. The van der Waals surface area contributed by atoms with Gasteiger partial charge in [-0.05, 0) is 38.3 Å². The second-order valence-corrected chi connectivity index (χ2v) is 5.35. The minimum absolute atomic E-state index is 0.412. The summed E-state index contributed by atoms with van der Waals surface area (Å²) >= 11 is 11.3. The SMILES string of the molecule is CN1CCC(n2c(=S)[nH]c3cc(Cl)cnc32)C1. The molecule has 1 fully saturated rings. The molecule has 3 rings (SSSR count). The van der Waals surface area contributed by atoms with Crippen molar-refractivity contribution in [3.8, 4) is 0 Å². The highest BCUT2D eigenvalue weighted by molar-refractivity contribution is 7.71. The van der Waals surface area contributed by atoms with Crippen molar-refractivity contribution in [1.82, 2.24) is 19.4 Å².